The summed E-state index contributed by atoms with van der Waals surface area (Å²) in [5, 5.41) is 11.0. The molecule has 0 spiro atoms. The SMILES string of the molecule is COc1ccc(/C=C/C(=O)Oc2ccc3c(c2)OC(N)=C(C#N)C3c2ccc(OCc3ccc(Cl)cc3Cl)c(OC)c2)cc1. The van der Waals surface area contributed by atoms with E-state index in [-0.39, 0.29) is 23.8 Å². The van der Waals surface area contributed by atoms with E-state index in [9.17, 15) is 10.1 Å². The number of fused-ring (bicyclic) bond motifs is 1. The van der Waals surface area contributed by atoms with Gasteiger partial charge in [0.1, 0.15) is 35.5 Å². The lowest BCUT2D eigenvalue weighted by molar-refractivity contribution is -0.128. The lowest BCUT2D eigenvalue weighted by Crippen LogP contribution is -2.21. The van der Waals surface area contributed by atoms with Gasteiger partial charge in [0.15, 0.2) is 11.5 Å². The summed E-state index contributed by atoms with van der Waals surface area (Å²) in [7, 11) is 3.11. The van der Waals surface area contributed by atoms with Crippen LogP contribution in [0.25, 0.3) is 6.08 Å². The molecule has 0 radical (unpaired) electrons. The second kappa shape index (κ2) is 13.5. The Morgan fingerprint density at radius 2 is 1.73 bits per heavy atom. The van der Waals surface area contributed by atoms with Crippen molar-refractivity contribution in [1.82, 2.24) is 0 Å². The molecule has 0 bridgehead atoms. The van der Waals surface area contributed by atoms with Crippen LogP contribution >= 0.6 is 23.2 Å². The van der Waals surface area contributed by atoms with Crippen molar-refractivity contribution in [2.24, 2.45) is 5.73 Å². The molecule has 0 aliphatic carbocycles. The summed E-state index contributed by atoms with van der Waals surface area (Å²) in [6, 6.07) is 24.9. The fraction of sp³-hybridized carbons (Fsp3) is 0.118. The van der Waals surface area contributed by atoms with Crippen LogP contribution in [0.2, 0.25) is 10.0 Å². The zero-order valence-electron chi connectivity index (χ0n) is 23.7. The minimum absolute atomic E-state index is 0.0513. The smallest absolute Gasteiger partial charge is 0.336 e. The number of esters is 1. The normalized spacial score (nSPS) is 13.9. The minimum atomic E-state index is -0.574. The minimum Gasteiger partial charge on any atom is -0.497 e. The summed E-state index contributed by atoms with van der Waals surface area (Å²) in [6.07, 6.45) is 2.96. The number of ether oxygens (including phenoxy) is 5. The number of carbonyl (C=O) groups is 1. The average molecular weight is 629 g/mol. The first-order chi connectivity index (χ1) is 21.3. The fourth-order valence-corrected chi connectivity index (χ4v) is 5.11. The van der Waals surface area contributed by atoms with Crippen LogP contribution in [0, 0.1) is 11.3 Å². The van der Waals surface area contributed by atoms with Crippen molar-refractivity contribution >= 4 is 35.2 Å². The third-order valence-corrected chi connectivity index (χ3v) is 7.44. The predicted octanol–water partition coefficient (Wildman–Crippen LogP) is 7.43. The molecule has 1 atom stereocenters. The van der Waals surface area contributed by atoms with Gasteiger partial charge < -0.3 is 29.4 Å². The molecule has 0 amide bonds. The average Bonchev–Trinajstić information content (AvgIpc) is 3.03. The van der Waals surface area contributed by atoms with Crippen molar-refractivity contribution in [3.63, 3.8) is 0 Å². The van der Waals surface area contributed by atoms with Crippen LogP contribution in [0.4, 0.5) is 0 Å². The number of nitrogens with two attached hydrogens (primary N) is 1. The first-order valence-corrected chi connectivity index (χ1v) is 14.1. The Kier molecular flexibility index (Phi) is 9.29. The molecule has 1 unspecified atom stereocenters. The first kappa shape index (κ1) is 30.4. The molecule has 1 aliphatic heterocycles. The van der Waals surface area contributed by atoms with Crippen molar-refractivity contribution in [2.75, 3.05) is 14.2 Å². The highest BCUT2D eigenvalue weighted by molar-refractivity contribution is 6.35. The number of methoxy groups -OCH3 is 2. The molecule has 0 saturated heterocycles. The van der Waals surface area contributed by atoms with Crippen LogP contribution in [0.1, 0.15) is 28.2 Å². The first-order valence-electron chi connectivity index (χ1n) is 13.3. The van der Waals surface area contributed by atoms with E-state index >= 15 is 0 Å². The molecule has 8 nitrogen and oxygen atoms in total. The van der Waals surface area contributed by atoms with Gasteiger partial charge in [-0.2, -0.15) is 5.26 Å². The summed E-state index contributed by atoms with van der Waals surface area (Å²) >= 11 is 12.3. The number of benzene rings is 4. The Bertz CT molecular complexity index is 1810. The van der Waals surface area contributed by atoms with Gasteiger partial charge >= 0.3 is 5.97 Å². The van der Waals surface area contributed by atoms with E-state index in [0.29, 0.717) is 38.6 Å². The predicted molar refractivity (Wildman–Crippen MR) is 167 cm³/mol. The summed E-state index contributed by atoms with van der Waals surface area (Å²) in [4.78, 5) is 12.5. The fourth-order valence-electron chi connectivity index (χ4n) is 4.65. The Morgan fingerprint density at radius 1 is 0.955 bits per heavy atom. The molecule has 2 N–H and O–H groups in total. The molecule has 0 aromatic heterocycles. The van der Waals surface area contributed by atoms with E-state index in [0.717, 1.165) is 16.7 Å². The number of nitriles is 1. The van der Waals surface area contributed by atoms with Crippen molar-refractivity contribution in [2.45, 2.75) is 12.5 Å². The maximum absolute atomic E-state index is 12.5. The molecule has 10 heteroatoms. The van der Waals surface area contributed by atoms with Crippen LogP contribution < -0.4 is 29.4 Å². The van der Waals surface area contributed by atoms with E-state index in [4.69, 9.17) is 52.6 Å². The molecule has 1 heterocycles. The molecule has 222 valence electrons. The van der Waals surface area contributed by atoms with Crippen LogP contribution in [0.15, 0.2) is 96.4 Å². The standard InChI is InChI=1S/C34H26Cl2N2O6/c1-40-24-9-3-20(4-10-24)5-14-32(39)43-25-11-12-26-30(17-25)44-34(38)27(18-37)33(26)21-7-13-29(31(15-21)41-2)42-19-22-6-8-23(35)16-28(22)36/h3-17,33H,19,38H2,1-2H3/b14-5+. The van der Waals surface area contributed by atoms with Crippen molar-refractivity contribution < 1.29 is 28.5 Å². The highest BCUT2D eigenvalue weighted by atomic mass is 35.5. The summed E-state index contributed by atoms with van der Waals surface area (Å²) in [5.74, 6) is 1.05. The summed E-state index contributed by atoms with van der Waals surface area (Å²) in [6.45, 7) is 0.193. The zero-order valence-corrected chi connectivity index (χ0v) is 25.2. The van der Waals surface area contributed by atoms with Gasteiger partial charge in [0.25, 0.3) is 0 Å². The Labute approximate surface area is 264 Å². The molecule has 0 fully saturated rings. The third kappa shape index (κ3) is 6.76. The number of rotatable bonds is 9. The van der Waals surface area contributed by atoms with E-state index < -0.39 is 11.9 Å². The Hall–Kier alpha value is -5.10. The maximum atomic E-state index is 12.5. The van der Waals surface area contributed by atoms with Crippen LogP contribution in [-0.2, 0) is 11.4 Å². The lowest BCUT2D eigenvalue weighted by Gasteiger charge is -2.27. The van der Waals surface area contributed by atoms with Gasteiger partial charge in [0.2, 0.25) is 5.88 Å². The van der Waals surface area contributed by atoms with Gasteiger partial charge in [-0.3, -0.25) is 0 Å². The highest BCUT2D eigenvalue weighted by Crippen LogP contribution is 2.45. The van der Waals surface area contributed by atoms with Gasteiger partial charge in [0.05, 0.1) is 20.1 Å². The van der Waals surface area contributed by atoms with Gasteiger partial charge in [-0.05, 0) is 59.7 Å². The van der Waals surface area contributed by atoms with Crippen molar-refractivity contribution in [3.8, 4) is 34.8 Å². The van der Waals surface area contributed by atoms with Crippen LogP contribution in [0.5, 0.6) is 28.7 Å². The second-order valence-electron chi connectivity index (χ2n) is 9.59. The topological polar surface area (TPSA) is 113 Å². The van der Waals surface area contributed by atoms with E-state index in [1.54, 1.807) is 73.8 Å². The van der Waals surface area contributed by atoms with Gasteiger partial charge in [-0.15, -0.1) is 0 Å². The molecule has 1 aliphatic rings. The zero-order chi connectivity index (χ0) is 31.2. The van der Waals surface area contributed by atoms with Gasteiger partial charge in [-0.1, -0.05) is 53.5 Å². The molecule has 0 saturated carbocycles. The highest BCUT2D eigenvalue weighted by Gasteiger charge is 2.31. The third-order valence-electron chi connectivity index (χ3n) is 6.86. The molecule has 5 rings (SSSR count). The van der Waals surface area contributed by atoms with E-state index in [1.165, 1.54) is 13.2 Å². The van der Waals surface area contributed by atoms with Crippen LogP contribution in [0.3, 0.4) is 0 Å². The number of carbonyl (C=O) groups excluding carboxylic acids is 1. The Balaban J connectivity index is 1.37. The molecule has 4 aromatic carbocycles. The number of allylic oxidation sites excluding steroid dienone is 1. The van der Waals surface area contributed by atoms with Crippen molar-refractivity contribution in [3.05, 3.63) is 129 Å². The molecular weight excluding hydrogens is 603 g/mol. The summed E-state index contributed by atoms with van der Waals surface area (Å²) < 4.78 is 28.0. The monoisotopic (exact) mass is 628 g/mol. The van der Waals surface area contributed by atoms with Crippen LogP contribution in [-0.4, -0.2) is 20.2 Å². The number of halogens is 2. The second-order valence-corrected chi connectivity index (χ2v) is 10.4. The molecule has 4 aromatic rings. The number of hydrogen-bond donors (Lipinski definition) is 1. The molecular formula is C34H26Cl2N2O6. The Morgan fingerprint density at radius 3 is 2.43 bits per heavy atom. The quantitative estimate of drug-likeness (QED) is 0.116. The lowest BCUT2D eigenvalue weighted by atomic mass is 9.83. The van der Waals surface area contributed by atoms with E-state index in [2.05, 4.69) is 6.07 Å². The largest absolute Gasteiger partial charge is 0.497 e. The van der Waals surface area contributed by atoms with Crippen molar-refractivity contribution in [1.29, 1.82) is 5.26 Å². The number of hydrogen-bond acceptors (Lipinski definition) is 8. The van der Waals surface area contributed by atoms with Gasteiger partial charge in [0, 0.05) is 33.3 Å². The van der Waals surface area contributed by atoms with Gasteiger partial charge in [-0.25, -0.2) is 4.79 Å². The molecule has 44 heavy (non-hydrogen) atoms. The van der Waals surface area contributed by atoms with E-state index in [1.807, 2.05) is 18.2 Å². The maximum Gasteiger partial charge on any atom is 0.336 e. The number of nitrogens with zero attached hydrogens (tertiary/aromatic N) is 1. The summed E-state index contributed by atoms with van der Waals surface area (Å²) in [5.41, 5.74) is 9.36.